The fourth-order valence-corrected chi connectivity index (χ4v) is 11.9. The number of hydrogen-bond donors (Lipinski definition) is 0. The van der Waals surface area contributed by atoms with Crippen molar-refractivity contribution < 1.29 is 0 Å². The number of hydrogen-bond acceptors (Lipinski definition) is 2. The summed E-state index contributed by atoms with van der Waals surface area (Å²) in [5.74, 6) is 0. The fourth-order valence-electron chi connectivity index (χ4n) is 11.9. The van der Waals surface area contributed by atoms with Crippen molar-refractivity contribution in [2.24, 2.45) is 0 Å². The molecular formula is C69H54N2. The van der Waals surface area contributed by atoms with Gasteiger partial charge in [0, 0.05) is 39.0 Å². The van der Waals surface area contributed by atoms with Gasteiger partial charge >= 0.3 is 0 Å². The Morgan fingerprint density at radius 3 is 1.34 bits per heavy atom. The van der Waals surface area contributed by atoms with Crippen LogP contribution in [0.3, 0.4) is 0 Å². The molecule has 3 aliphatic rings. The molecule has 340 valence electrons. The maximum atomic E-state index is 5.46. The molecule has 10 aromatic rings. The minimum absolute atomic E-state index is 0.0540. The fraction of sp³-hybridized carbons (Fsp3) is 0.116. The summed E-state index contributed by atoms with van der Waals surface area (Å²) < 4.78 is 0. The number of benzene rings is 9. The highest BCUT2D eigenvalue weighted by atomic mass is 15.1. The summed E-state index contributed by atoms with van der Waals surface area (Å²) in [6.45, 7) is 9.41. The number of aromatic nitrogens is 1. The summed E-state index contributed by atoms with van der Waals surface area (Å²) in [7, 11) is 0. The molecule has 0 unspecified atom stereocenters. The molecule has 3 aliphatic carbocycles. The summed E-state index contributed by atoms with van der Waals surface area (Å²) in [6, 6.07) is 80.9. The minimum atomic E-state index is -0.0654. The highest BCUT2D eigenvalue weighted by molar-refractivity contribution is 5.89. The monoisotopic (exact) mass is 910 g/mol. The number of rotatable bonds is 8. The minimum Gasteiger partial charge on any atom is -0.311 e. The number of pyridine rings is 1. The molecule has 0 saturated heterocycles. The molecule has 2 nitrogen and oxygen atoms in total. The predicted molar refractivity (Wildman–Crippen MR) is 299 cm³/mol. The molecule has 0 aliphatic heterocycles. The molecule has 0 atom stereocenters. The molecule has 0 amide bonds. The lowest BCUT2D eigenvalue weighted by molar-refractivity contribution is 0.660. The largest absolute Gasteiger partial charge is 0.311 e. The van der Waals surface area contributed by atoms with Gasteiger partial charge in [0.1, 0.15) is 0 Å². The molecule has 13 rings (SSSR count). The standard InChI is InChI=1S/C69H54N2/c1-68(2)62-22-11-9-20-57(62)59-39-31-50(43-64(59)68)47-27-35-55(36-28-47)71(54-33-25-46(26-34-54)45-15-6-5-7-16-45)56-37-29-48(30-38-56)61-42-52-17-8-13-24-66(52)70-67(61)53-19-14-18-49(41-53)51-32-40-60-58-21-10-12-23-63(58)69(3,4)65(60)44-51/h5-7,9-12,14-44H,8,13H2,1-4H3. The van der Waals surface area contributed by atoms with E-state index in [9.17, 15) is 0 Å². The summed E-state index contributed by atoms with van der Waals surface area (Å²) in [5.41, 5.74) is 25.7. The van der Waals surface area contributed by atoms with Gasteiger partial charge in [-0.25, -0.2) is 4.98 Å². The Balaban J connectivity index is 0.871. The van der Waals surface area contributed by atoms with Gasteiger partial charge in [-0.3, -0.25) is 0 Å². The maximum Gasteiger partial charge on any atom is 0.0788 e. The second kappa shape index (κ2) is 16.7. The number of fused-ring (bicyclic) bond motifs is 7. The lowest BCUT2D eigenvalue weighted by atomic mass is 9.81. The molecule has 0 bridgehead atoms. The van der Waals surface area contributed by atoms with E-state index in [1.807, 2.05) is 0 Å². The molecule has 71 heavy (non-hydrogen) atoms. The van der Waals surface area contributed by atoms with Gasteiger partial charge in [-0.15, -0.1) is 0 Å². The van der Waals surface area contributed by atoms with Crippen LogP contribution < -0.4 is 15.5 Å². The first-order valence-electron chi connectivity index (χ1n) is 25.2. The molecule has 0 saturated carbocycles. The first-order valence-corrected chi connectivity index (χ1v) is 25.2. The van der Waals surface area contributed by atoms with E-state index in [-0.39, 0.29) is 10.8 Å². The van der Waals surface area contributed by atoms with Crippen LogP contribution in [0, 0.1) is 0 Å². The van der Waals surface area contributed by atoms with Gasteiger partial charge in [-0.05, 0) is 162 Å². The van der Waals surface area contributed by atoms with Crippen molar-refractivity contribution in [1.82, 2.24) is 4.98 Å². The lowest BCUT2D eigenvalue weighted by Gasteiger charge is -2.26. The van der Waals surface area contributed by atoms with Crippen molar-refractivity contribution in [3.63, 3.8) is 0 Å². The van der Waals surface area contributed by atoms with E-state index in [1.54, 1.807) is 0 Å². The van der Waals surface area contributed by atoms with Crippen molar-refractivity contribution in [2.45, 2.75) is 51.4 Å². The first-order chi connectivity index (χ1) is 34.7. The van der Waals surface area contributed by atoms with Crippen LogP contribution in [0.4, 0.5) is 17.1 Å². The van der Waals surface area contributed by atoms with Crippen molar-refractivity contribution >= 4 is 29.2 Å². The lowest BCUT2D eigenvalue weighted by Crippen LogP contribution is -2.30. The van der Waals surface area contributed by atoms with Crippen LogP contribution in [0.15, 0.2) is 218 Å². The maximum absolute atomic E-state index is 5.46. The SMILES string of the molecule is CC1(C)c2ccccc2-c2ccc(-c3ccc(N(c4ccc(-c5ccccc5)cc4)c4ccc(-c5cc6c(nc5-c5cccc(-c7ccc8c(c7)C(C)(C)c7ccccc7-8)c5)=CCCC=6)cc4)cc3)cc21. The third-order valence-corrected chi connectivity index (χ3v) is 15.7. The van der Waals surface area contributed by atoms with Gasteiger partial charge in [0.05, 0.1) is 11.0 Å². The molecule has 1 heterocycles. The van der Waals surface area contributed by atoms with Crippen LogP contribution in [0.5, 0.6) is 0 Å². The van der Waals surface area contributed by atoms with E-state index in [0.717, 1.165) is 57.6 Å². The summed E-state index contributed by atoms with van der Waals surface area (Å²) in [5, 5.41) is 2.27. The zero-order valence-electron chi connectivity index (χ0n) is 40.7. The average Bonchev–Trinajstić information content (AvgIpc) is 3.80. The number of anilines is 3. The van der Waals surface area contributed by atoms with E-state index in [0.29, 0.717) is 0 Å². The summed E-state index contributed by atoms with van der Waals surface area (Å²) in [4.78, 5) is 7.84. The van der Waals surface area contributed by atoms with Gasteiger partial charge in [0.15, 0.2) is 0 Å². The molecule has 0 radical (unpaired) electrons. The van der Waals surface area contributed by atoms with Gasteiger partial charge in [0.25, 0.3) is 0 Å². The normalized spacial score (nSPS) is 14.3. The Bertz CT molecular complexity index is 3840. The predicted octanol–water partition coefficient (Wildman–Crippen LogP) is 16.9. The van der Waals surface area contributed by atoms with Crippen LogP contribution in [0.2, 0.25) is 0 Å². The zero-order chi connectivity index (χ0) is 47.8. The van der Waals surface area contributed by atoms with Gasteiger partial charge in [0.2, 0.25) is 0 Å². The highest BCUT2D eigenvalue weighted by Gasteiger charge is 2.36. The van der Waals surface area contributed by atoms with Crippen molar-refractivity contribution in [1.29, 1.82) is 0 Å². The van der Waals surface area contributed by atoms with E-state index in [4.69, 9.17) is 4.98 Å². The van der Waals surface area contributed by atoms with Crippen LogP contribution >= 0.6 is 0 Å². The summed E-state index contributed by atoms with van der Waals surface area (Å²) >= 11 is 0. The number of nitrogens with zero attached hydrogens (tertiary/aromatic N) is 2. The van der Waals surface area contributed by atoms with Crippen LogP contribution in [-0.2, 0) is 10.8 Å². The Morgan fingerprint density at radius 1 is 0.324 bits per heavy atom. The Morgan fingerprint density at radius 2 is 0.746 bits per heavy atom. The van der Waals surface area contributed by atoms with E-state index in [1.165, 1.54) is 83.1 Å². The molecular weight excluding hydrogens is 857 g/mol. The third kappa shape index (κ3) is 7.20. The molecule has 0 N–H and O–H groups in total. The zero-order valence-corrected chi connectivity index (χ0v) is 40.7. The third-order valence-electron chi connectivity index (χ3n) is 15.7. The van der Waals surface area contributed by atoms with E-state index in [2.05, 4.69) is 263 Å². The Kier molecular flexibility index (Phi) is 10.0. The first kappa shape index (κ1) is 42.7. The second-order valence-corrected chi connectivity index (χ2v) is 20.6. The molecule has 2 heteroatoms. The summed E-state index contributed by atoms with van der Waals surface area (Å²) in [6.07, 6.45) is 6.67. The highest BCUT2D eigenvalue weighted by Crippen LogP contribution is 2.51. The van der Waals surface area contributed by atoms with E-state index < -0.39 is 0 Å². The van der Waals surface area contributed by atoms with Crippen molar-refractivity contribution in [3.05, 3.63) is 251 Å². The second-order valence-electron chi connectivity index (χ2n) is 20.6. The molecule has 0 fully saturated rings. The Hall–Kier alpha value is -8.33. The van der Waals surface area contributed by atoms with Gasteiger partial charge < -0.3 is 4.90 Å². The van der Waals surface area contributed by atoms with Gasteiger partial charge in [-0.2, -0.15) is 0 Å². The molecule has 1 aromatic heterocycles. The van der Waals surface area contributed by atoms with Crippen molar-refractivity contribution in [3.8, 4) is 78.0 Å². The molecule has 9 aromatic carbocycles. The van der Waals surface area contributed by atoms with Crippen LogP contribution in [0.1, 0.15) is 62.8 Å². The van der Waals surface area contributed by atoms with Crippen LogP contribution in [-0.4, -0.2) is 4.98 Å². The van der Waals surface area contributed by atoms with E-state index >= 15 is 0 Å². The Labute approximate surface area is 417 Å². The smallest absolute Gasteiger partial charge is 0.0788 e. The quantitative estimate of drug-likeness (QED) is 0.151. The topological polar surface area (TPSA) is 16.1 Å². The van der Waals surface area contributed by atoms with Crippen LogP contribution in [0.25, 0.3) is 90.2 Å². The van der Waals surface area contributed by atoms with Gasteiger partial charge in [-0.1, -0.05) is 198 Å². The average molecular weight is 911 g/mol. The molecule has 0 spiro atoms. The van der Waals surface area contributed by atoms with Crippen molar-refractivity contribution in [2.75, 3.05) is 4.90 Å².